The number of hydrogen-bond acceptors (Lipinski definition) is 3. The van der Waals surface area contributed by atoms with E-state index in [-0.39, 0.29) is 19.1 Å². The maximum atomic E-state index is 10.3. The molecule has 0 aromatic heterocycles. The van der Waals surface area contributed by atoms with Crippen LogP contribution in [0.15, 0.2) is 0 Å². The van der Waals surface area contributed by atoms with E-state index in [2.05, 4.69) is 0 Å². The second-order valence-electron chi connectivity index (χ2n) is 2.21. The van der Waals surface area contributed by atoms with Crippen molar-refractivity contribution in [3.05, 3.63) is 0 Å². The molecule has 0 amide bonds. The van der Waals surface area contributed by atoms with Crippen molar-refractivity contribution in [2.75, 3.05) is 12.7 Å². The van der Waals surface area contributed by atoms with Crippen LogP contribution in [0.3, 0.4) is 0 Å². The minimum absolute atomic E-state index is 0.169. The van der Waals surface area contributed by atoms with Crippen LogP contribution in [0.4, 0.5) is 0 Å². The molecule has 0 heterocycles. The highest BCUT2D eigenvalue weighted by atomic mass is 31.1. The molecule has 0 bridgehead atoms. The Balaban J connectivity index is 3.89. The molecule has 66 valence electrons. The van der Waals surface area contributed by atoms with E-state index >= 15 is 0 Å². The van der Waals surface area contributed by atoms with Crippen molar-refractivity contribution in [1.82, 2.24) is 0 Å². The molecule has 0 fully saturated rings. The molecule has 2 atom stereocenters. The summed E-state index contributed by atoms with van der Waals surface area (Å²) in [6.07, 6.45) is 0.0868. The van der Waals surface area contributed by atoms with Gasteiger partial charge in [0.1, 0.15) is 0 Å². The summed E-state index contributed by atoms with van der Waals surface area (Å²) in [4.78, 5) is 18.8. The van der Waals surface area contributed by atoms with Gasteiger partial charge in [-0.25, -0.2) is 0 Å². The lowest BCUT2D eigenvalue weighted by atomic mass is 10.1. The molecule has 2 unspecified atom stereocenters. The van der Waals surface area contributed by atoms with Crippen LogP contribution in [-0.2, 0) is 9.36 Å². The predicted molar refractivity (Wildman–Crippen MR) is 40.9 cm³/mol. The number of carboxylic acids is 1. The molecule has 0 radical (unpaired) electrons. The van der Waals surface area contributed by atoms with Crippen molar-refractivity contribution in [1.29, 1.82) is 0 Å². The normalized spacial score (nSPS) is 15.8. The average Bonchev–Trinajstić information content (AvgIpc) is 1.86. The van der Waals surface area contributed by atoms with Crippen LogP contribution in [-0.4, -0.2) is 28.7 Å². The van der Waals surface area contributed by atoms with Crippen molar-refractivity contribution < 1.29 is 19.4 Å². The Morgan fingerprint density at radius 1 is 1.64 bits per heavy atom. The van der Waals surface area contributed by atoms with Crippen molar-refractivity contribution in [3.63, 3.8) is 0 Å². The zero-order valence-electron chi connectivity index (χ0n) is 5.99. The number of rotatable bonds is 5. The van der Waals surface area contributed by atoms with E-state index < -0.39 is 19.9 Å². The number of hydrogen-bond donors (Lipinski definition) is 3. The molecule has 0 rings (SSSR count). The van der Waals surface area contributed by atoms with Crippen LogP contribution in [0.5, 0.6) is 0 Å². The van der Waals surface area contributed by atoms with Crippen LogP contribution >= 0.6 is 8.03 Å². The Morgan fingerprint density at radius 2 is 2.18 bits per heavy atom. The van der Waals surface area contributed by atoms with Gasteiger partial charge in [0.2, 0.25) is 0 Å². The van der Waals surface area contributed by atoms with E-state index in [1.165, 1.54) is 0 Å². The average molecular weight is 181 g/mol. The third-order valence-corrected chi connectivity index (χ3v) is 2.13. The van der Waals surface area contributed by atoms with E-state index in [9.17, 15) is 9.36 Å². The van der Waals surface area contributed by atoms with Gasteiger partial charge in [0.15, 0.2) is 8.03 Å². The molecule has 0 aliphatic carbocycles. The highest BCUT2D eigenvalue weighted by Crippen LogP contribution is 2.20. The molecule has 0 aliphatic heterocycles. The first-order valence-corrected chi connectivity index (χ1v) is 4.79. The van der Waals surface area contributed by atoms with Gasteiger partial charge in [-0.15, -0.1) is 0 Å². The lowest BCUT2D eigenvalue weighted by molar-refractivity contribution is -0.141. The Morgan fingerprint density at radius 3 is 2.45 bits per heavy atom. The third kappa shape index (κ3) is 4.95. The molecular formula is C5H12NO4P. The monoisotopic (exact) mass is 181 g/mol. The zero-order chi connectivity index (χ0) is 8.85. The fourth-order valence-corrected chi connectivity index (χ4v) is 1.53. The summed E-state index contributed by atoms with van der Waals surface area (Å²) in [7, 11) is -2.69. The fraction of sp³-hybridized carbons (Fsp3) is 0.800. The second-order valence-corrected chi connectivity index (χ2v) is 3.41. The van der Waals surface area contributed by atoms with Gasteiger partial charge in [0, 0.05) is 6.16 Å². The largest absolute Gasteiger partial charge is 0.481 e. The molecule has 0 aromatic carbocycles. The van der Waals surface area contributed by atoms with E-state index in [1.807, 2.05) is 0 Å². The van der Waals surface area contributed by atoms with Crippen LogP contribution in [0.2, 0.25) is 0 Å². The van der Waals surface area contributed by atoms with Crippen LogP contribution < -0.4 is 5.73 Å². The SMILES string of the molecule is NCCC(C[PH](=O)O)C(=O)O. The molecule has 0 aromatic rings. The first-order chi connectivity index (χ1) is 5.07. The van der Waals surface area contributed by atoms with E-state index in [1.54, 1.807) is 0 Å². The summed E-state index contributed by atoms with van der Waals surface area (Å²) >= 11 is 0. The topological polar surface area (TPSA) is 101 Å². The highest BCUT2D eigenvalue weighted by Gasteiger charge is 2.17. The first-order valence-electron chi connectivity index (χ1n) is 3.22. The first kappa shape index (κ1) is 10.6. The van der Waals surface area contributed by atoms with Crippen molar-refractivity contribution in [3.8, 4) is 0 Å². The second kappa shape index (κ2) is 5.29. The molecule has 6 heteroatoms. The van der Waals surface area contributed by atoms with Crippen molar-refractivity contribution in [2.45, 2.75) is 6.42 Å². The fourth-order valence-electron chi connectivity index (χ4n) is 0.725. The van der Waals surface area contributed by atoms with Gasteiger partial charge < -0.3 is 15.7 Å². The molecule has 5 nitrogen and oxygen atoms in total. The summed E-state index contributed by atoms with van der Waals surface area (Å²) in [5.74, 6) is -1.82. The number of aliphatic carboxylic acids is 1. The molecule has 0 aliphatic rings. The van der Waals surface area contributed by atoms with Crippen molar-refractivity contribution in [2.24, 2.45) is 11.7 Å². The van der Waals surface area contributed by atoms with Gasteiger partial charge in [0.25, 0.3) is 0 Å². The minimum atomic E-state index is -2.69. The maximum absolute atomic E-state index is 10.3. The lowest BCUT2D eigenvalue weighted by Crippen LogP contribution is -2.19. The molecule has 0 spiro atoms. The highest BCUT2D eigenvalue weighted by molar-refractivity contribution is 7.38. The van der Waals surface area contributed by atoms with Gasteiger partial charge in [-0.1, -0.05) is 0 Å². The molecule has 11 heavy (non-hydrogen) atoms. The van der Waals surface area contributed by atoms with E-state index in [0.29, 0.717) is 0 Å². The Bertz CT molecular complexity index is 161. The number of nitrogens with two attached hydrogens (primary N) is 1. The molecule has 0 saturated carbocycles. The van der Waals surface area contributed by atoms with Crippen LogP contribution in [0, 0.1) is 5.92 Å². The number of carbonyl (C=O) groups is 1. The van der Waals surface area contributed by atoms with Crippen LogP contribution in [0.1, 0.15) is 6.42 Å². The standard InChI is InChI=1S/C5H12NO4P/c6-2-1-4(5(7)8)3-11(9)10/h4,11H,1-3,6H2,(H,7,8)(H,9,10). The quantitative estimate of drug-likeness (QED) is 0.496. The smallest absolute Gasteiger partial charge is 0.307 e. The molecular weight excluding hydrogens is 169 g/mol. The predicted octanol–water partition coefficient (Wildman–Crippen LogP) is -0.497. The Labute approximate surface area is 65.1 Å². The van der Waals surface area contributed by atoms with Crippen LogP contribution in [0.25, 0.3) is 0 Å². The minimum Gasteiger partial charge on any atom is -0.481 e. The Hall–Kier alpha value is -0.380. The van der Waals surface area contributed by atoms with Gasteiger partial charge >= 0.3 is 5.97 Å². The maximum Gasteiger partial charge on any atom is 0.307 e. The molecule has 4 N–H and O–H groups in total. The van der Waals surface area contributed by atoms with Crippen molar-refractivity contribution >= 4 is 14.0 Å². The molecule has 0 saturated heterocycles. The van der Waals surface area contributed by atoms with Gasteiger partial charge in [0.05, 0.1) is 5.92 Å². The summed E-state index contributed by atoms with van der Waals surface area (Å²) in [6, 6.07) is 0. The van der Waals surface area contributed by atoms with E-state index in [4.69, 9.17) is 15.7 Å². The summed E-state index contributed by atoms with van der Waals surface area (Å²) < 4.78 is 10.3. The zero-order valence-corrected chi connectivity index (χ0v) is 6.99. The number of carboxylic acid groups (broad SMARTS) is 1. The Kier molecular flexibility index (Phi) is 5.11. The van der Waals surface area contributed by atoms with E-state index in [0.717, 1.165) is 0 Å². The summed E-state index contributed by atoms with van der Waals surface area (Å²) in [6.45, 7) is 0.228. The van der Waals surface area contributed by atoms with Gasteiger partial charge in [-0.3, -0.25) is 9.36 Å². The summed E-state index contributed by atoms with van der Waals surface area (Å²) in [5.41, 5.74) is 5.11. The third-order valence-electron chi connectivity index (χ3n) is 1.29. The summed E-state index contributed by atoms with van der Waals surface area (Å²) in [5, 5.41) is 8.46. The van der Waals surface area contributed by atoms with Gasteiger partial charge in [-0.05, 0) is 13.0 Å². The van der Waals surface area contributed by atoms with Gasteiger partial charge in [-0.2, -0.15) is 0 Å². The lowest BCUT2D eigenvalue weighted by Gasteiger charge is -2.07.